The lowest BCUT2D eigenvalue weighted by Gasteiger charge is -2.45. The summed E-state index contributed by atoms with van der Waals surface area (Å²) in [5, 5.41) is 0. The molecule has 9 heteroatoms. The van der Waals surface area contributed by atoms with Crippen molar-refractivity contribution in [3.63, 3.8) is 0 Å². The summed E-state index contributed by atoms with van der Waals surface area (Å²) in [5.41, 5.74) is 6.36. The van der Waals surface area contributed by atoms with Gasteiger partial charge >= 0.3 is 0 Å². The van der Waals surface area contributed by atoms with Gasteiger partial charge in [0.2, 0.25) is 5.91 Å². The number of likely N-dealkylation sites (N-methyl/N-ethyl adjacent to an activating group) is 2. The van der Waals surface area contributed by atoms with Crippen LogP contribution in [0.2, 0.25) is 0 Å². The highest BCUT2D eigenvalue weighted by Gasteiger charge is 2.33. The van der Waals surface area contributed by atoms with Crippen LogP contribution in [0, 0.1) is 11.7 Å². The Morgan fingerprint density at radius 2 is 2.00 bits per heavy atom. The zero-order chi connectivity index (χ0) is 24.0. The van der Waals surface area contributed by atoms with E-state index in [1.165, 1.54) is 12.5 Å². The number of hydrogen-bond acceptors (Lipinski definition) is 7. The molecule has 2 heterocycles. The summed E-state index contributed by atoms with van der Waals surface area (Å²) in [4.78, 5) is 25.4. The SMILES string of the molecule is CCOC(CN(Cc1ccc(F)c(N2CC(N(C)CCN(C)C)C2)n1)C(=O)CN)C1CCC1. The van der Waals surface area contributed by atoms with Gasteiger partial charge in [0.25, 0.3) is 0 Å². The second-order valence-electron chi connectivity index (χ2n) is 9.61. The van der Waals surface area contributed by atoms with Crippen LogP contribution in [0.25, 0.3) is 0 Å². The number of halogens is 1. The zero-order valence-electron chi connectivity index (χ0n) is 20.7. The van der Waals surface area contributed by atoms with Crippen LogP contribution >= 0.6 is 0 Å². The number of anilines is 1. The molecule has 1 atom stereocenters. The van der Waals surface area contributed by atoms with E-state index >= 15 is 0 Å². The molecule has 0 radical (unpaired) electrons. The van der Waals surface area contributed by atoms with Gasteiger partial charge in [-0.15, -0.1) is 0 Å². The molecule has 2 N–H and O–H groups in total. The number of aromatic nitrogens is 1. The van der Waals surface area contributed by atoms with Gasteiger partial charge < -0.3 is 25.2 Å². The third-order valence-corrected chi connectivity index (χ3v) is 6.91. The Kier molecular flexibility index (Phi) is 9.43. The molecular weight excluding hydrogens is 423 g/mol. The predicted octanol–water partition coefficient (Wildman–Crippen LogP) is 1.40. The van der Waals surface area contributed by atoms with Crippen LogP contribution < -0.4 is 10.6 Å². The van der Waals surface area contributed by atoms with Crippen molar-refractivity contribution >= 4 is 11.7 Å². The van der Waals surface area contributed by atoms with Crippen LogP contribution in [0.3, 0.4) is 0 Å². The fourth-order valence-corrected chi connectivity index (χ4v) is 4.39. The number of nitrogens with two attached hydrogens (primary N) is 1. The molecule has 0 bridgehead atoms. The summed E-state index contributed by atoms with van der Waals surface area (Å²) in [5.74, 6) is 0.382. The number of carbonyl (C=O) groups is 1. The maximum absolute atomic E-state index is 14.6. The van der Waals surface area contributed by atoms with Gasteiger partial charge in [-0.05, 0) is 59.0 Å². The monoisotopic (exact) mass is 464 g/mol. The van der Waals surface area contributed by atoms with Crippen LogP contribution in [0.4, 0.5) is 10.2 Å². The van der Waals surface area contributed by atoms with E-state index in [1.807, 2.05) is 11.8 Å². The molecule has 0 spiro atoms. The molecule has 1 saturated carbocycles. The molecular formula is C24H41FN6O2. The molecule has 1 aliphatic carbocycles. The van der Waals surface area contributed by atoms with Gasteiger partial charge in [0.05, 0.1) is 24.9 Å². The Balaban J connectivity index is 1.64. The first-order valence-corrected chi connectivity index (χ1v) is 12.2. The molecule has 2 fully saturated rings. The van der Waals surface area contributed by atoms with E-state index in [0.29, 0.717) is 43.2 Å². The molecule has 1 amide bonds. The molecule has 33 heavy (non-hydrogen) atoms. The van der Waals surface area contributed by atoms with Crippen LogP contribution in [0.15, 0.2) is 12.1 Å². The van der Waals surface area contributed by atoms with Crippen molar-refractivity contribution in [1.29, 1.82) is 0 Å². The van der Waals surface area contributed by atoms with Gasteiger partial charge in [0.15, 0.2) is 11.6 Å². The second-order valence-corrected chi connectivity index (χ2v) is 9.61. The molecule has 1 aromatic heterocycles. The number of carbonyl (C=O) groups excluding carboxylic acids is 1. The van der Waals surface area contributed by atoms with Gasteiger partial charge in [0, 0.05) is 45.4 Å². The summed E-state index contributed by atoms with van der Waals surface area (Å²) >= 11 is 0. The van der Waals surface area contributed by atoms with E-state index in [-0.39, 0.29) is 24.4 Å². The molecule has 1 aliphatic heterocycles. The third-order valence-electron chi connectivity index (χ3n) is 6.91. The van der Waals surface area contributed by atoms with E-state index in [0.717, 1.165) is 39.0 Å². The van der Waals surface area contributed by atoms with Gasteiger partial charge in [-0.3, -0.25) is 9.69 Å². The minimum Gasteiger partial charge on any atom is -0.376 e. The first-order chi connectivity index (χ1) is 15.8. The number of pyridine rings is 1. The molecule has 1 unspecified atom stereocenters. The van der Waals surface area contributed by atoms with E-state index in [9.17, 15) is 9.18 Å². The van der Waals surface area contributed by atoms with Crippen molar-refractivity contribution in [2.45, 2.75) is 44.9 Å². The first kappa shape index (κ1) is 25.8. The van der Waals surface area contributed by atoms with Gasteiger partial charge in [-0.2, -0.15) is 0 Å². The summed E-state index contributed by atoms with van der Waals surface area (Å²) < 4.78 is 20.6. The number of ether oxygens (including phenoxy) is 1. The number of nitrogens with zero attached hydrogens (tertiary/aromatic N) is 5. The van der Waals surface area contributed by atoms with E-state index < -0.39 is 0 Å². The fraction of sp³-hybridized carbons (Fsp3) is 0.750. The normalized spacial score (nSPS) is 17.9. The standard InChI is InChI=1S/C24H41FN6O2/c1-5-33-22(18-7-6-8-18)17-30(23(32)13-26)14-19-9-10-21(25)24(27-19)31-15-20(16-31)29(4)12-11-28(2)3/h9-10,18,20,22H,5-8,11-17,26H2,1-4H3. The van der Waals surface area contributed by atoms with Crippen LogP contribution in [0.1, 0.15) is 31.9 Å². The van der Waals surface area contributed by atoms with E-state index in [1.54, 1.807) is 11.0 Å². The minimum absolute atomic E-state index is 0.00742. The largest absolute Gasteiger partial charge is 0.376 e. The van der Waals surface area contributed by atoms with Crippen molar-refractivity contribution in [3.8, 4) is 0 Å². The highest BCUT2D eigenvalue weighted by molar-refractivity contribution is 5.78. The van der Waals surface area contributed by atoms with Crippen molar-refractivity contribution in [2.75, 3.05) is 71.9 Å². The Morgan fingerprint density at radius 3 is 2.58 bits per heavy atom. The molecule has 2 aliphatic rings. The van der Waals surface area contributed by atoms with Gasteiger partial charge in [-0.1, -0.05) is 6.42 Å². The van der Waals surface area contributed by atoms with Crippen molar-refractivity contribution in [3.05, 3.63) is 23.6 Å². The van der Waals surface area contributed by atoms with Crippen LogP contribution in [0.5, 0.6) is 0 Å². The van der Waals surface area contributed by atoms with E-state index in [2.05, 4.69) is 35.9 Å². The lowest BCUT2D eigenvalue weighted by Crippen LogP contribution is -2.59. The molecule has 8 nitrogen and oxygen atoms in total. The Hall–Kier alpha value is -1.81. The Bertz CT molecular complexity index is 769. The van der Waals surface area contributed by atoms with Crippen LogP contribution in [-0.2, 0) is 16.1 Å². The fourth-order valence-electron chi connectivity index (χ4n) is 4.39. The topological polar surface area (TPSA) is 78.2 Å². The molecule has 1 aromatic rings. The quantitative estimate of drug-likeness (QED) is 0.473. The summed E-state index contributed by atoms with van der Waals surface area (Å²) in [6, 6.07) is 3.51. The average Bonchev–Trinajstić information content (AvgIpc) is 2.71. The Morgan fingerprint density at radius 1 is 1.27 bits per heavy atom. The minimum atomic E-state index is -0.327. The summed E-state index contributed by atoms with van der Waals surface area (Å²) in [6.45, 7) is 6.78. The van der Waals surface area contributed by atoms with Crippen molar-refractivity contribution < 1.29 is 13.9 Å². The highest BCUT2D eigenvalue weighted by atomic mass is 19.1. The second kappa shape index (κ2) is 12.1. The average molecular weight is 465 g/mol. The number of amides is 1. The number of hydrogen-bond donors (Lipinski definition) is 1. The van der Waals surface area contributed by atoms with Gasteiger partial charge in [0.1, 0.15) is 0 Å². The van der Waals surface area contributed by atoms with Crippen LogP contribution in [-0.4, -0.2) is 105 Å². The molecule has 186 valence electrons. The van der Waals surface area contributed by atoms with Crippen molar-refractivity contribution in [2.24, 2.45) is 11.7 Å². The number of rotatable bonds is 13. The summed E-state index contributed by atoms with van der Waals surface area (Å²) in [6.07, 6.45) is 3.48. The highest BCUT2D eigenvalue weighted by Crippen LogP contribution is 2.32. The maximum atomic E-state index is 14.6. The lowest BCUT2D eigenvalue weighted by molar-refractivity contribution is -0.134. The zero-order valence-corrected chi connectivity index (χ0v) is 20.7. The maximum Gasteiger partial charge on any atom is 0.236 e. The Labute approximate surface area is 197 Å². The summed E-state index contributed by atoms with van der Waals surface area (Å²) in [7, 11) is 6.24. The molecule has 1 saturated heterocycles. The predicted molar refractivity (Wildman–Crippen MR) is 129 cm³/mol. The van der Waals surface area contributed by atoms with Crippen molar-refractivity contribution in [1.82, 2.24) is 19.7 Å². The molecule has 0 aromatic carbocycles. The van der Waals surface area contributed by atoms with E-state index in [4.69, 9.17) is 10.5 Å². The lowest BCUT2D eigenvalue weighted by atomic mass is 9.81. The van der Waals surface area contributed by atoms with Gasteiger partial charge in [-0.25, -0.2) is 9.37 Å². The third kappa shape index (κ3) is 6.85. The molecule has 3 rings (SSSR count). The first-order valence-electron chi connectivity index (χ1n) is 12.2. The smallest absolute Gasteiger partial charge is 0.236 e.